The second kappa shape index (κ2) is 18.7. The van der Waals surface area contributed by atoms with Crippen molar-refractivity contribution in [2.75, 3.05) is 27.9 Å². The number of carbonyl (C=O) groups is 2. The standard InChI is InChI=1S/C14H18F3NO2.C12H13F3O2.C3H8O.CH4.ClH/c1-13(2,9-12(19)18(3)20-4)10-5-7-11(8-6-10)14(15,16)17;1-11(2,7-10(16)17)8-3-5-9(6-4-8)12(13,14)15;1-3-4-2;;/h5-8H,9H2,1-4H3;3-6H,7H2,1-2H3,(H,16,17);3H2,1-2H3;1H4;1H. The average molecular weight is 648 g/mol. The Hall–Kier alpha value is -2.83. The van der Waals surface area contributed by atoms with Gasteiger partial charge in [0, 0.05) is 32.6 Å². The van der Waals surface area contributed by atoms with Gasteiger partial charge in [0.15, 0.2) is 0 Å². The molecule has 0 atom stereocenters. The van der Waals surface area contributed by atoms with Gasteiger partial charge in [0.2, 0.25) is 5.91 Å². The van der Waals surface area contributed by atoms with Crippen LogP contribution in [0.2, 0.25) is 0 Å². The fourth-order valence-electron chi connectivity index (χ4n) is 3.39. The first-order valence-electron chi connectivity index (χ1n) is 12.5. The molecule has 0 aromatic heterocycles. The van der Waals surface area contributed by atoms with E-state index in [1.165, 1.54) is 38.4 Å². The van der Waals surface area contributed by atoms with Crippen LogP contribution in [-0.4, -0.2) is 49.9 Å². The first-order chi connectivity index (χ1) is 18.6. The number of nitrogens with zero attached hydrogens (tertiary/aromatic N) is 1. The van der Waals surface area contributed by atoms with Crippen LogP contribution >= 0.6 is 12.4 Å². The van der Waals surface area contributed by atoms with Gasteiger partial charge in [0.1, 0.15) is 0 Å². The Bertz CT molecular complexity index is 1080. The summed E-state index contributed by atoms with van der Waals surface area (Å²) in [5, 5.41) is 9.82. The lowest BCUT2D eigenvalue weighted by Crippen LogP contribution is -2.32. The van der Waals surface area contributed by atoms with Crippen molar-refractivity contribution in [2.45, 2.75) is 78.1 Å². The van der Waals surface area contributed by atoms with E-state index < -0.39 is 40.3 Å². The molecule has 248 valence electrons. The molecule has 0 aliphatic heterocycles. The molecule has 0 heterocycles. The Kier molecular flexibility index (Phi) is 19.5. The molecule has 1 N–H and O–H groups in total. The molecule has 2 aromatic rings. The minimum absolute atomic E-state index is 0. The number of hydrogen-bond donors (Lipinski definition) is 1. The van der Waals surface area contributed by atoms with Crippen LogP contribution in [0.3, 0.4) is 0 Å². The third-order valence-electron chi connectivity index (χ3n) is 6.09. The number of aliphatic carboxylic acids is 1. The first kappa shape index (κ1) is 44.6. The summed E-state index contributed by atoms with van der Waals surface area (Å²) in [6.07, 6.45) is -8.70. The summed E-state index contributed by atoms with van der Waals surface area (Å²) in [7, 11) is 4.55. The zero-order valence-electron chi connectivity index (χ0n) is 24.9. The van der Waals surface area contributed by atoms with Gasteiger partial charge in [-0.25, -0.2) is 5.06 Å². The molecule has 0 radical (unpaired) electrons. The zero-order valence-corrected chi connectivity index (χ0v) is 25.8. The van der Waals surface area contributed by atoms with Crippen molar-refractivity contribution in [1.82, 2.24) is 5.06 Å². The molecule has 2 rings (SSSR count). The van der Waals surface area contributed by atoms with Gasteiger partial charge < -0.3 is 9.84 Å². The largest absolute Gasteiger partial charge is 0.481 e. The second-order valence-electron chi connectivity index (χ2n) is 10.3. The second-order valence-corrected chi connectivity index (χ2v) is 10.3. The Morgan fingerprint density at radius 2 is 1.00 bits per heavy atom. The summed E-state index contributed by atoms with van der Waals surface area (Å²) in [6, 6.07) is 9.46. The minimum Gasteiger partial charge on any atom is -0.481 e. The zero-order chi connectivity index (χ0) is 32.2. The minimum atomic E-state index is -4.37. The summed E-state index contributed by atoms with van der Waals surface area (Å²) in [5.74, 6) is -1.22. The Labute approximate surface area is 256 Å². The van der Waals surface area contributed by atoms with Crippen molar-refractivity contribution >= 4 is 24.3 Å². The third kappa shape index (κ3) is 16.0. The SMILES string of the molecule is C.CC(C)(CC(=O)O)c1ccc(C(F)(F)F)cc1.CCOC.CON(C)C(=O)CC(C)(C)c1ccc(C(F)(F)F)cc1.Cl. The van der Waals surface area contributed by atoms with E-state index in [0.29, 0.717) is 11.1 Å². The number of ether oxygens (including phenoxy) is 1. The summed E-state index contributed by atoms with van der Waals surface area (Å²) < 4.78 is 79.0. The molecule has 2 aromatic carbocycles. The quantitative estimate of drug-likeness (QED) is 0.230. The Morgan fingerprint density at radius 1 is 0.721 bits per heavy atom. The molecule has 0 fully saturated rings. The molecule has 43 heavy (non-hydrogen) atoms. The van der Waals surface area contributed by atoms with E-state index in [0.717, 1.165) is 35.9 Å². The lowest BCUT2D eigenvalue weighted by molar-refractivity contribution is -0.169. The van der Waals surface area contributed by atoms with Crippen LogP contribution in [0.25, 0.3) is 0 Å². The van der Waals surface area contributed by atoms with Gasteiger partial charge in [-0.1, -0.05) is 59.4 Å². The summed E-state index contributed by atoms with van der Waals surface area (Å²) in [6.45, 7) is 9.75. The lowest BCUT2D eigenvalue weighted by atomic mass is 9.81. The number of halogens is 7. The van der Waals surface area contributed by atoms with Gasteiger partial charge in [-0.3, -0.25) is 14.4 Å². The maximum atomic E-state index is 12.5. The van der Waals surface area contributed by atoms with Gasteiger partial charge >= 0.3 is 18.3 Å². The van der Waals surface area contributed by atoms with Crippen LogP contribution < -0.4 is 0 Å². The van der Waals surface area contributed by atoms with Crippen LogP contribution in [0.4, 0.5) is 26.3 Å². The van der Waals surface area contributed by atoms with Crippen molar-refractivity contribution in [2.24, 2.45) is 0 Å². The number of amides is 1. The topological polar surface area (TPSA) is 76.1 Å². The Balaban J connectivity index is -0.000000640. The number of hydroxylamine groups is 2. The number of alkyl halides is 6. The molecule has 13 heteroatoms. The molecule has 0 bridgehead atoms. The van der Waals surface area contributed by atoms with E-state index in [-0.39, 0.29) is 38.6 Å². The van der Waals surface area contributed by atoms with Crippen LogP contribution in [0, 0.1) is 0 Å². The van der Waals surface area contributed by atoms with Crippen LogP contribution in [-0.2, 0) is 42.3 Å². The van der Waals surface area contributed by atoms with Crippen LogP contribution in [0.1, 0.15) is 77.1 Å². The van der Waals surface area contributed by atoms with Gasteiger partial charge in [-0.15, -0.1) is 12.4 Å². The van der Waals surface area contributed by atoms with Gasteiger partial charge in [-0.2, -0.15) is 26.3 Å². The van der Waals surface area contributed by atoms with E-state index in [9.17, 15) is 35.9 Å². The molecule has 0 saturated carbocycles. The van der Waals surface area contributed by atoms with E-state index in [4.69, 9.17) is 9.94 Å². The van der Waals surface area contributed by atoms with Crippen molar-refractivity contribution in [3.05, 3.63) is 70.8 Å². The monoisotopic (exact) mass is 647 g/mol. The fraction of sp³-hybridized carbons (Fsp3) is 0.533. The molecule has 1 amide bonds. The van der Waals surface area contributed by atoms with Crippen LogP contribution in [0.15, 0.2) is 48.5 Å². The number of carbonyl (C=O) groups excluding carboxylic acids is 1. The predicted octanol–water partition coefficient (Wildman–Crippen LogP) is 8.56. The van der Waals surface area contributed by atoms with E-state index >= 15 is 0 Å². The maximum Gasteiger partial charge on any atom is 0.416 e. The van der Waals surface area contributed by atoms with Crippen LogP contribution in [0.5, 0.6) is 0 Å². The maximum absolute atomic E-state index is 12.5. The Morgan fingerprint density at radius 3 is 1.23 bits per heavy atom. The number of benzene rings is 2. The van der Waals surface area contributed by atoms with Crippen molar-refractivity contribution < 1.29 is 50.6 Å². The van der Waals surface area contributed by atoms with E-state index in [2.05, 4.69) is 4.74 Å². The molecule has 0 aliphatic carbocycles. The molecule has 0 spiro atoms. The average Bonchev–Trinajstić information content (AvgIpc) is 2.87. The molecular formula is C30H44ClF6NO5. The van der Waals surface area contributed by atoms with Crippen molar-refractivity contribution in [3.8, 4) is 0 Å². The predicted molar refractivity (Wildman–Crippen MR) is 157 cm³/mol. The highest BCUT2D eigenvalue weighted by atomic mass is 35.5. The smallest absolute Gasteiger partial charge is 0.416 e. The molecule has 0 saturated heterocycles. The van der Waals surface area contributed by atoms with E-state index in [1.807, 2.05) is 6.92 Å². The first-order valence-corrected chi connectivity index (χ1v) is 12.5. The van der Waals surface area contributed by atoms with Gasteiger partial charge in [-0.05, 0) is 47.7 Å². The van der Waals surface area contributed by atoms with Crippen molar-refractivity contribution in [3.63, 3.8) is 0 Å². The number of methoxy groups -OCH3 is 1. The van der Waals surface area contributed by atoms with Gasteiger partial charge in [0.05, 0.1) is 24.7 Å². The summed E-state index contributed by atoms with van der Waals surface area (Å²) in [4.78, 5) is 27.2. The molecule has 6 nitrogen and oxygen atoms in total. The third-order valence-corrected chi connectivity index (χ3v) is 6.09. The van der Waals surface area contributed by atoms with Crippen molar-refractivity contribution in [1.29, 1.82) is 0 Å². The normalized spacial score (nSPS) is 11.4. The summed E-state index contributed by atoms with van der Waals surface area (Å²) >= 11 is 0. The fourth-order valence-corrected chi connectivity index (χ4v) is 3.39. The number of carboxylic acid groups (broad SMARTS) is 1. The molecule has 0 aliphatic rings. The number of hydrogen-bond acceptors (Lipinski definition) is 4. The van der Waals surface area contributed by atoms with Gasteiger partial charge in [0.25, 0.3) is 0 Å². The highest BCUT2D eigenvalue weighted by Gasteiger charge is 2.33. The highest BCUT2D eigenvalue weighted by molar-refractivity contribution is 5.85. The lowest BCUT2D eigenvalue weighted by Gasteiger charge is -2.27. The number of carboxylic acids is 1. The highest BCUT2D eigenvalue weighted by Crippen LogP contribution is 2.34. The molecular weight excluding hydrogens is 604 g/mol. The van der Waals surface area contributed by atoms with E-state index in [1.54, 1.807) is 34.8 Å². The summed E-state index contributed by atoms with van der Waals surface area (Å²) in [5.41, 5.74) is -1.44. The molecule has 0 unspecified atom stereocenters. The number of rotatable bonds is 8.